The van der Waals surface area contributed by atoms with E-state index in [1.54, 1.807) is 0 Å². The molecule has 0 N–H and O–H groups in total. The van der Waals surface area contributed by atoms with Crippen LogP contribution in [0, 0.1) is 0 Å². The van der Waals surface area contributed by atoms with Crippen LogP contribution in [0.25, 0.3) is 86.3 Å². The zero-order valence-corrected chi connectivity index (χ0v) is 32.3. The summed E-state index contributed by atoms with van der Waals surface area (Å²) in [5.41, 5.74) is 12.8. The number of thiophene rings is 1. The van der Waals surface area contributed by atoms with Gasteiger partial charge in [-0.25, -0.2) is 0 Å². The highest BCUT2D eigenvalue weighted by molar-refractivity contribution is 7.25. The van der Waals surface area contributed by atoms with Crippen LogP contribution in [-0.4, -0.2) is 9.13 Å². The smallest absolute Gasteiger partial charge is 0.0561 e. The maximum Gasteiger partial charge on any atom is 0.0561 e. The van der Waals surface area contributed by atoms with Gasteiger partial charge in [0.25, 0.3) is 0 Å². The Morgan fingerprint density at radius 2 is 0.862 bits per heavy atom. The minimum atomic E-state index is 1.10. The quantitative estimate of drug-likeness (QED) is 0.165. The molecule has 9 aromatic carbocycles. The van der Waals surface area contributed by atoms with Crippen LogP contribution in [0.4, 0.5) is 17.1 Å². The summed E-state index contributed by atoms with van der Waals surface area (Å²) in [7, 11) is 0. The van der Waals surface area contributed by atoms with Gasteiger partial charge in [0.2, 0.25) is 0 Å². The summed E-state index contributed by atoms with van der Waals surface area (Å²) in [5.74, 6) is 0. The van der Waals surface area contributed by atoms with E-state index in [4.69, 9.17) is 0 Å². The highest BCUT2D eigenvalue weighted by Gasteiger charge is 2.20. The summed E-state index contributed by atoms with van der Waals surface area (Å²) in [6, 6.07) is 77.4. The minimum absolute atomic E-state index is 1.10. The van der Waals surface area contributed by atoms with Crippen molar-refractivity contribution in [1.29, 1.82) is 0 Å². The average molecular weight is 758 g/mol. The molecule has 0 spiro atoms. The number of hydrogen-bond acceptors (Lipinski definition) is 2. The van der Waals surface area contributed by atoms with E-state index in [9.17, 15) is 0 Å². The maximum atomic E-state index is 2.42. The molecule has 272 valence electrons. The first-order chi connectivity index (χ1) is 28.8. The molecule has 0 aliphatic carbocycles. The number of nitrogens with zero attached hydrogens (tertiary/aromatic N) is 3. The third-order valence-electron chi connectivity index (χ3n) is 11.7. The summed E-state index contributed by atoms with van der Waals surface area (Å²) < 4.78 is 7.39. The third-order valence-corrected chi connectivity index (χ3v) is 12.8. The van der Waals surface area contributed by atoms with Gasteiger partial charge in [-0.05, 0) is 102 Å². The largest absolute Gasteiger partial charge is 0.310 e. The predicted octanol–water partition coefficient (Wildman–Crippen LogP) is 15.4. The lowest BCUT2D eigenvalue weighted by atomic mass is 9.99. The Morgan fingerprint density at radius 1 is 0.328 bits per heavy atom. The van der Waals surface area contributed by atoms with Crippen LogP contribution in [0.15, 0.2) is 212 Å². The van der Waals surface area contributed by atoms with Crippen molar-refractivity contribution in [2.45, 2.75) is 0 Å². The van der Waals surface area contributed by atoms with Crippen molar-refractivity contribution in [2.24, 2.45) is 0 Å². The predicted molar refractivity (Wildman–Crippen MR) is 248 cm³/mol. The Morgan fingerprint density at radius 3 is 1.62 bits per heavy atom. The van der Waals surface area contributed by atoms with Gasteiger partial charge in [0.05, 0.1) is 22.1 Å². The van der Waals surface area contributed by atoms with Crippen molar-refractivity contribution < 1.29 is 0 Å². The molecule has 3 heterocycles. The topological polar surface area (TPSA) is 13.1 Å². The SMILES string of the molecule is c1ccc(-n2c3ccccc3c3ccc(N(c4ccc(-c5cccc6c5c5ccccc5n6-c5ccccc5)cc4)c4ccc5sc6ccccc6c5c4)cc32)cc1. The third kappa shape index (κ3) is 5.05. The van der Waals surface area contributed by atoms with Gasteiger partial charge < -0.3 is 14.0 Å². The van der Waals surface area contributed by atoms with Gasteiger partial charge in [0.15, 0.2) is 0 Å². The molecule has 0 aliphatic heterocycles. The first-order valence-corrected chi connectivity index (χ1v) is 20.6. The summed E-state index contributed by atoms with van der Waals surface area (Å²) in [6.07, 6.45) is 0. The van der Waals surface area contributed by atoms with Gasteiger partial charge in [0, 0.05) is 70.2 Å². The van der Waals surface area contributed by atoms with Crippen molar-refractivity contribution >= 4 is 92.2 Å². The summed E-state index contributed by atoms with van der Waals surface area (Å²) in [4.78, 5) is 2.42. The van der Waals surface area contributed by atoms with Gasteiger partial charge in [-0.15, -0.1) is 11.3 Å². The fraction of sp³-hybridized carbons (Fsp3) is 0. The van der Waals surface area contributed by atoms with E-state index in [0.29, 0.717) is 0 Å². The van der Waals surface area contributed by atoms with Gasteiger partial charge in [-0.1, -0.05) is 121 Å². The number of fused-ring (bicyclic) bond motifs is 9. The highest BCUT2D eigenvalue weighted by Crippen LogP contribution is 2.44. The lowest BCUT2D eigenvalue weighted by molar-refractivity contribution is 1.18. The van der Waals surface area contributed by atoms with Crippen molar-refractivity contribution in [2.75, 3.05) is 4.90 Å². The highest BCUT2D eigenvalue weighted by atomic mass is 32.1. The van der Waals surface area contributed by atoms with Crippen LogP contribution in [0.2, 0.25) is 0 Å². The van der Waals surface area contributed by atoms with E-state index in [-0.39, 0.29) is 0 Å². The monoisotopic (exact) mass is 757 g/mol. The Bertz CT molecular complexity index is 3500. The summed E-state index contributed by atoms with van der Waals surface area (Å²) in [5, 5.41) is 7.57. The fourth-order valence-corrected chi connectivity index (χ4v) is 10.2. The molecule has 0 radical (unpaired) electrons. The van der Waals surface area contributed by atoms with Crippen LogP contribution in [0.5, 0.6) is 0 Å². The van der Waals surface area contributed by atoms with Crippen molar-refractivity contribution in [3.05, 3.63) is 212 Å². The normalized spacial score (nSPS) is 11.8. The number of hydrogen-bond donors (Lipinski definition) is 0. The van der Waals surface area contributed by atoms with Crippen LogP contribution in [-0.2, 0) is 0 Å². The molecule has 0 amide bonds. The number of rotatable bonds is 6. The van der Waals surface area contributed by atoms with Crippen molar-refractivity contribution in [3.8, 4) is 22.5 Å². The minimum Gasteiger partial charge on any atom is -0.310 e. The van der Waals surface area contributed by atoms with Crippen LogP contribution in [0.3, 0.4) is 0 Å². The molecule has 4 heteroatoms. The second-order valence-corrected chi connectivity index (χ2v) is 16.0. The molecule has 0 fully saturated rings. The first-order valence-electron chi connectivity index (χ1n) is 19.8. The van der Waals surface area contributed by atoms with Gasteiger partial charge in [-0.2, -0.15) is 0 Å². The molecular weight excluding hydrogens is 723 g/mol. The van der Waals surface area contributed by atoms with E-state index in [1.165, 1.54) is 74.9 Å². The van der Waals surface area contributed by atoms with Gasteiger partial charge >= 0.3 is 0 Å². The van der Waals surface area contributed by atoms with E-state index in [0.717, 1.165) is 28.4 Å². The molecule has 0 unspecified atom stereocenters. The second-order valence-electron chi connectivity index (χ2n) is 14.9. The molecule has 58 heavy (non-hydrogen) atoms. The molecule has 12 aromatic rings. The number of benzene rings is 9. The lowest BCUT2D eigenvalue weighted by Gasteiger charge is -2.26. The van der Waals surface area contributed by atoms with E-state index < -0.39 is 0 Å². The van der Waals surface area contributed by atoms with Crippen LogP contribution >= 0.6 is 11.3 Å². The van der Waals surface area contributed by atoms with E-state index in [1.807, 2.05) is 11.3 Å². The molecule has 0 bridgehead atoms. The van der Waals surface area contributed by atoms with Crippen molar-refractivity contribution in [1.82, 2.24) is 9.13 Å². The number of anilines is 3. The molecular formula is C54H35N3S. The zero-order chi connectivity index (χ0) is 38.2. The van der Waals surface area contributed by atoms with Crippen LogP contribution in [0.1, 0.15) is 0 Å². The summed E-state index contributed by atoms with van der Waals surface area (Å²) in [6.45, 7) is 0. The van der Waals surface area contributed by atoms with Crippen LogP contribution < -0.4 is 4.90 Å². The Balaban J connectivity index is 1.06. The zero-order valence-electron chi connectivity index (χ0n) is 31.5. The Hall–Kier alpha value is -7.40. The van der Waals surface area contributed by atoms with E-state index >= 15 is 0 Å². The van der Waals surface area contributed by atoms with Gasteiger partial charge in [0.1, 0.15) is 0 Å². The fourth-order valence-electron chi connectivity index (χ4n) is 9.16. The van der Waals surface area contributed by atoms with Gasteiger partial charge in [-0.3, -0.25) is 0 Å². The maximum absolute atomic E-state index is 2.42. The lowest BCUT2D eigenvalue weighted by Crippen LogP contribution is -2.10. The molecule has 0 aliphatic rings. The molecule has 3 nitrogen and oxygen atoms in total. The molecule has 0 atom stereocenters. The Labute approximate surface area is 339 Å². The van der Waals surface area contributed by atoms with E-state index in [2.05, 4.69) is 226 Å². The number of aromatic nitrogens is 2. The number of para-hydroxylation sites is 4. The Kier molecular flexibility index (Phi) is 7.40. The molecule has 12 rings (SSSR count). The summed E-state index contributed by atoms with van der Waals surface area (Å²) >= 11 is 1.86. The average Bonchev–Trinajstić information content (AvgIpc) is 3.95. The molecule has 3 aromatic heterocycles. The molecule has 0 saturated heterocycles. The molecule has 0 saturated carbocycles. The van der Waals surface area contributed by atoms with Crippen molar-refractivity contribution in [3.63, 3.8) is 0 Å². The first kappa shape index (κ1) is 32.8. The standard InChI is InChI=1S/C54H35N3S/c1-3-14-37(15-4-1)56-49-23-11-8-20-46(49)54-42(21-13-24-50(54)56)36-26-28-39(29-27-36)55(40-31-33-53-47(34-40)45-19-9-12-25-52(45)58-53)41-30-32-44-43-18-7-10-22-48(43)57(51(44)35-41)38-16-5-2-6-17-38/h1-35H. The second kappa shape index (κ2) is 13.1.